The first kappa shape index (κ1) is 59.1. The standard InChI is InChI=1S/C50H92NO11P/c1-6-8-10-11-12-13-14-15-16-17-18-19-20-21-22-23-24-25-31-35-50(56)62-44(42-61-63(57,58)60-39-38-51(3,4)5)41-59-49(55)34-30-27-26-29-33-45-46(48(54)40-47(45)53)37-36-43(52)32-28-9-7-2/h15-16,36-37,43-47,52-53H,6-14,17-35,38-42H2,1-5H3/b16-15-,37-36+/t43-,44+,45+,46+,47-/m0/s1. The second kappa shape index (κ2) is 37.2. The van der Waals surface area contributed by atoms with Gasteiger partial charge in [-0.1, -0.05) is 154 Å². The molecule has 63 heavy (non-hydrogen) atoms. The number of nitrogens with zero attached hydrogens (tertiary/aromatic N) is 1. The number of likely N-dealkylation sites (N-methyl/N-ethyl adjacent to an activating group) is 1. The Kier molecular flexibility index (Phi) is 34.9. The van der Waals surface area contributed by atoms with Crippen LogP contribution in [-0.2, 0) is 37.5 Å². The second-order valence-corrected chi connectivity index (χ2v) is 20.4. The van der Waals surface area contributed by atoms with E-state index in [9.17, 15) is 34.1 Å². The predicted octanol–water partition coefficient (Wildman–Crippen LogP) is 10.7. The summed E-state index contributed by atoms with van der Waals surface area (Å²) in [5.41, 5.74) is 0. The number of quaternary nitrogens is 1. The monoisotopic (exact) mass is 914 g/mol. The van der Waals surface area contributed by atoms with E-state index in [4.69, 9.17) is 18.5 Å². The van der Waals surface area contributed by atoms with Crippen LogP contribution < -0.4 is 4.89 Å². The van der Waals surface area contributed by atoms with Gasteiger partial charge in [-0.15, -0.1) is 0 Å². The topological polar surface area (TPSA) is 169 Å². The molecule has 0 spiro atoms. The lowest BCUT2D eigenvalue weighted by Crippen LogP contribution is -2.37. The van der Waals surface area contributed by atoms with Crippen molar-refractivity contribution in [1.29, 1.82) is 0 Å². The predicted molar refractivity (Wildman–Crippen MR) is 251 cm³/mol. The number of phosphoric ester groups is 1. The number of carbonyl (C=O) groups excluding carboxylic acids is 3. The van der Waals surface area contributed by atoms with Crippen LogP contribution in [0.1, 0.15) is 200 Å². The maximum atomic E-state index is 12.8. The van der Waals surface area contributed by atoms with Crippen molar-refractivity contribution in [3.8, 4) is 0 Å². The van der Waals surface area contributed by atoms with Crippen LogP contribution in [0.3, 0.4) is 0 Å². The highest BCUT2D eigenvalue weighted by Crippen LogP contribution is 2.38. The highest BCUT2D eigenvalue weighted by atomic mass is 31.2. The van der Waals surface area contributed by atoms with E-state index in [2.05, 4.69) is 26.0 Å². The molecule has 0 aromatic rings. The van der Waals surface area contributed by atoms with Gasteiger partial charge in [0.2, 0.25) is 0 Å². The van der Waals surface area contributed by atoms with Gasteiger partial charge in [-0.25, -0.2) is 0 Å². The third-order valence-electron chi connectivity index (χ3n) is 11.9. The molecule has 1 aliphatic carbocycles. The second-order valence-electron chi connectivity index (χ2n) is 19.0. The van der Waals surface area contributed by atoms with Crippen LogP contribution in [0.15, 0.2) is 24.3 Å². The van der Waals surface area contributed by atoms with Crippen molar-refractivity contribution in [2.75, 3.05) is 47.5 Å². The average Bonchev–Trinajstić information content (AvgIpc) is 3.50. The van der Waals surface area contributed by atoms with Crippen LogP contribution in [0.4, 0.5) is 0 Å². The summed E-state index contributed by atoms with van der Waals surface area (Å²) in [4.78, 5) is 50.4. The van der Waals surface area contributed by atoms with Crippen molar-refractivity contribution in [3.63, 3.8) is 0 Å². The van der Waals surface area contributed by atoms with Crippen molar-refractivity contribution < 1.29 is 57.1 Å². The highest BCUT2D eigenvalue weighted by Gasteiger charge is 2.39. The minimum absolute atomic E-state index is 0.00593. The number of unbranched alkanes of at least 4 members (excludes halogenated alkanes) is 20. The molecule has 1 unspecified atom stereocenters. The number of carbonyl (C=O) groups is 3. The fourth-order valence-electron chi connectivity index (χ4n) is 7.85. The molecule has 0 aliphatic heterocycles. The number of Topliss-reactive ketones (excluding diaryl/α,β-unsaturated/α-hetero) is 1. The van der Waals surface area contributed by atoms with E-state index in [1.165, 1.54) is 83.5 Å². The molecule has 0 saturated heterocycles. The Hall–Kier alpha value is -1.92. The van der Waals surface area contributed by atoms with Crippen LogP contribution in [-0.4, -0.2) is 98.2 Å². The molecule has 1 saturated carbocycles. The Morgan fingerprint density at radius 1 is 0.746 bits per heavy atom. The highest BCUT2D eigenvalue weighted by molar-refractivity contribution is 7.45. The number of aliphatic hydroxyl groups excluding tert-OH is 2. The molecule has 12 nitrogen and oxygen atoms in total. The molecular formula is C50H92NO11P. The first-order valence-corrected chi connectivity index (χ1v) is 26.6. The summed E-state index contributed by atoms with van der Waals surface area (Å²) in [5, 5.41) is 20.8. The molecule has 0 heterocycles. The van der Waals surface area contributed by atoms with E-state index >= 15 is 0 Å². The lowest BCUT2D eigenvalue weighted by molar-refractivity contribution is -0.870. The van der Waals surface area contributed by atoms with Crippen molar-refractivity contribution in [2.45, 2.75) is 218 Å². The molecule has 0 bridgehead atoms. The number of hydrogen-bond donors (Lipinski definition) is 2. The van der Waals surface area contributed by atoms with E-state index in [-0.39, 0.29) is 44.2 Å². The summed E-state index contributed by atoms with van der Waals surface area (Å²) < 4.78 is 34.0. The van der Waals surface area contributed by atoms with Gasteiger partial charge in [0.25, 0.3) is 7.82 Å². The number of ketones is 1. The molecule has 13 heteroatoms. The molecule has 0 aromatic heterocycles. The number of ether oxygens (including phenoxy) is 2. The number of aliphatic hydroxyl groups is 2. The van der Waals surface area contributed by atoms with Gasteiger partial charge < -0.3 is 38.1 Å². The van der Waals surface area contributed by atoms with Gasteiger partial charge >= 0.3 is 11.9 Å². The number of esters is 2. The Morgan fingerprint density at radius 3 is 1.86 bits per heavy atom. The number of allylic oxidation sites excluding steroid dienone is 3. The molecule has 0 amide bonds. The SMILES string of the molecule is CCCCCCCC/C=C\CCCCCCCCCCCC(=O)O[C@H](COC(=O)CCCCCC[C@H]1[C@@H](O)CC(=O)[C@@H]1/C=C/[C@@H](O)CCCCC)COP(=O)([O-])OCC[N+](C)(C)C. The summed E-state index contributed by atoms with van der Waals surface area (Å²) in [5.74, 6) is -1.55. The third-order valence-corrected chi connectivity index (χ3v) is 12.8. The quantitative estimate of drug-likeness (QED) is 0.0197. The summed E-state index contributed by atoms with van der Waals surface area (Å²) in [6, 6.07) is 0. The number of phosphoric acid groups is 1. The maximum absolute atomic E-state index is 12.8. The number of rotatable bonds is 42. The van der Waals surface area contributed by atoms with Crippen molar-refractivity contribution in [3.05, 3.63) is 24.3 Å². The smallest absolute Gasteiger partial charge is 0.306 e. The summed E-state index contributed by atoms with van der Waals surface area (Å²) in [6.45, 7) is 3.87. The molecular weight excluding hydrogens is 822 g/mol. The molecule has 0 radical (unpaired) electrons. The molecule has 1 rings (SSSR count). The zero-order valence-electron chi connectivity index (χ0n) is 40.5. The first-order valence-electron chi connectivity index (χ1n) is 25.1. The summed E-state index contributed by atoms with van der Waals surface area (Å²) in [7, 11) is 1.04. The zero-order chi connectivity index (χ0) is 46.6. The van der Waals surface area contributed by atoms with Crippen molar-refractivity contribution in [1.82, 2.24) is 0 Å². The van der Waals surface area contributed by atoms with Gasteiger partial charge in [-0.3, -0.25) is 18.9 Å². The Labute approximate surface area is 383 Å². The maximum Gasteiger partial charge on any atom is 0.306 e. The Bertz CT molecular complexity index is 1290. The molecule has 1 fully saturated rings. The third kappa shape index (κ3) is 34.1. The van der Waals surface area contributed by atoms with Gasteiger partial charge in [0, 0.05) is 25.2 Å². The fraction of sp³-hybridized carbons (Fsp3) is 0.860. The van der Waals surface area contributed by atoms with E-state index in [0.717, 1.165) is 57.8 Å². The number of hydrogen-bond acceptors (Lipinski definition) is 11. The Morgan fingerprint density at radius 2 is 1.27 bits per heavy atom. The Balaban J connectivity index is 2.39. The fourth-order valence-corrected chi connectivity index (χ4v) is 8.58. The minimum Gasteiger partial charge on any atom is -0.756 e. The zero-order valence-corrected chi connectivity index (χ0v) is 41.4. The summed E-state index contributed by atoms with van der Waals surface area (Å²) >= 11 is 0. The van der Waals surface area contributed by atoms with Gasteiger partial charge in [-0.05, 0) is 57.3 Å². The van der Waals surface area contributed by atoms with E-state index in [1.807, 2.05) is 21.1 Å². The van der Waals surface area contributed by atoms with E-state index in [0.29, 0.717) is 36.7 Å². The molecule has 368 valence electrons. The van der Waals surface area contributed by atoms with E-state index in [1.54, 1.807) is 12.2 Å². The van der Waals surface area contributed by atoms with Crippen LogP contribution in [0.25, 0.3) is 0 Å². The van der Waals surface area contributed by atoms with Crippen LogP contribution in [0.2, 0.25) is 0 Å². The van der Waals surface area contributed by atoms with Crippen LogP contribution in [0, 0.1) is 11.8 Å². The van der Waals surface area contributed by atoms with Crippen molar-refractivity contribution in [2.24, 2.45) is 11.8 Å². The molecule has 2 N–H and O–H groups in total. The van der Waals surface area contributed by atoms with Gasteiger partial charge in [-0.2, -0.15) is 0 Å². The van der Waals surface area contributed by atoms with Gasteiger partial charge in [0.1, 0.15) is 25.5 Å². The normalized spacial score (nSPS) is 18.9. The molecule has 1 aliphatic rings. The minimum atomic E-state index is -4.69. The lowest BCUT2D eigenvalue weighted by atomic mass is 9.88. The average molecular weight is 914 g/mol. The van der Waals surface area contributed by atoms with Gasteiger partial charge in [0.15, 0.2) is 6.10 Å². The van der Waals surface area contributed by atoms with Crippen LogP contribution >= 0.6 is 7.82 Å². The largest absolute Gasteiger partial charge is 0.756 e. The van der Waals surface area contributed by atoms with Crippen molar-refractivity contribution >= 4 is 25.5 Å². The molecule has 6 atom stereocenters. The van der Waals surface area contributed by atoms with Crippen LogP contribution in [0.5, 0.6) is 0 Å². The lowest BCUT2D eigenvalue weighted by Gasteiger charge is -2.28. The first-order chi connectivity index (χ1) is 30.2. The molecule has 0 aromatic carbocycles. The van der Waals surface area contributed by atoms with E-state index < -0.39 is 50.6 Å². The van der Waals surface area contributed by atoms with Gasteiger partial charge in [0.05, 0.1) is 40.0 Å². The summed E-state index contributed by atoms with van der Waals surface area (Å²) in [6.07, 6.45) is 33.9.